The summed E-state index contributed by atoms with van der Waals surface area (Å²) in [6.07, 6.45) is 2.36. The number of rotatable bonds is 2. The molecule has 0 aliphatic carbocycles. The van der Waals surface area contributed by atoms with E-state index in [0.717, 1.165) is 6.42 Å². The van der Waals surface area contributed by atoms with Crippen LogP contribution >= 0.6 is 0 Å². The van der Waals surface area contributed by atoms with Gasteiger partial charge in [0.2, 0.25) is 0 Å². The van der Waals surface area contributed by atoms with Crippen LogP contribution < -0.4 is 0 Å². The van der Waals surface area contributed by atoms with E-state index in [1.807, 2.05) is 0 Å². The second kappa shape index (κ2) is 3.92. The number of fused-ring (bicyclic) bond motifs is 3. The summed E-state index contributed by atoms with van der Waals surface area (Å²) < 4.78 is 0. The zero-order chi connectivity index (χ0) is 11.8. The summed E-state index contributed by atoms with van der Waals surface area (Å²) in [5.74, 6) is 0. The monoisotopic (exact) mass is 223 g/mol. The highest BCUT2D eigenvalue weighted by molar-refractivity contribution is 6.07. The van der Waals surface area contributed by atoms with E-state index in [1.54, 1.807) is 0 Å². The molecule has 0 unspecified atom stereocenters. The first-order valence-corrected chi connectivity index (χ1v) is 6.29. The molecule has 0 aliphatic heterocycles. The lowest BCUT2D eigenvalue weighted by Gasteiger charge is -1.99. The van der Waals surface area contributed by atoms with E-state index in [-0.39, 0.29) is 0 Å². The van der Waals surface area contributed by atoms with Crippen LogP contribution in [0.2, 0.25) is 0 Å². The van der Waals surface area contributed by atoms with Gasteiger partial charge in [-0.1, -0.05) is 31.0 Å². The summed E-state index contributed by atoms with van der Waals surface area (Å²) in [6, 6.07) is 13.4. The third-order valence-corrected chi connectivity index (χ3v) is 3.36. The summed E-state index contributed by atoms with van der Waals surface area (Å²) in [5, 5.41) is 2.70. The van der Waals surface area contributed by atoms with Crippen molar-refractivity contribution >= 4 is 21.8 Å². The second-order valence-electron chi connectivity index (χ2n) is 4.80. The van der Waals surface area contributed by atoms with Crippen molar-refractivity contribution in [3.63, 3.8) is 0 Å². The van der Waals surface area contributed by atoms with Gasteiger partial charge < -0.3 is 4.98 Å². The fraction of sp³-hybridized carbons (Fsp3) is 0.250. The Bertz CT molecular complexity index is 676. The number of benzene rings is 2. The first kappa shape index (κ1) is 10.4. The lowest BCUT2D eigenvalue weighted by atomic mass is 10.1. The second-order valence-corrected chi connectivity index (χ2v) is 4.80. The SMILES string of the molecule is CCCc1ccc2[nH]c3ccc(C)cc3c2c1. The molecule has 0 saturated heterocycles. The van der Waals surface area contributed by atoms with Crippen LogP contribution in [0.15, 0.2) is 36.4 Å². The summed E-state index contributed by atoms with van der Waals surface area (Å²) in [7, 11) is 0. The van der Waals surface area contributed by atoms with Crippen LogP contribution in [-0.2, 0) is 6.42 Å². The minimum atomic E-state index is 1.16. The lowest BCUT2D eigenvalue weighted by molar-refractivity contribution is 0.924. The first-order valence-electron chi connectivity index (χ1n) is 6.29. The number of aryl methyl sites for hydroxylation is 2. The predicted octanol–water partition coefficient (Wildman–Crippen LogP) is 4.58. The number of aromatic nitrogens is 1. The Kier molecular flexibility index (Phi) is 2.40. The molecule has 3 aromatic rings. The van der Waals surface area contributed by atoms with Gasteiger partial charge in [0.25, 0.3) is 0 Å². The van der Waals surface area contributed by atoms with Gasteiger partial charge in [-0.05, 0) is 43.2 Å². The van der Waals surface area contributed by atoms with E-state index < -0.39 is 0 Å². The van der Waals surface area contributed by atoms with Crippen molar-refractivity contribution in [2.45, 2.75) is 26.7 Å². The molecule has 86 valence electrons. The standard InChI is InChI=1S/C16H17N/c1-3-4-12-6-8-16-14(10-12)13-9-11(2)5-7-15(13)17-16/h5-10,17H,3-4H2,1-2H3. The van der Waals surface area contributed by atoms with Crippen LogP contribution in [0.4, 0.5) is 0 Å². The normalized spacial score (nSPS) is 11.4. The molecule has 3 rings (SSSR count). The molecule has 1 heterocycles. The number of aromatic amines is 1. The molecular formula is C16H17N. The molecule has 0 bridgehead atoms. The highest BCUT2D eigenvalue weighted by atomic mass is 14.7. The highest BCUT2D eigenvalue weighted by Gasteiger charge is 2.04. The van der Waals surface area contributed by atoms with Gasteiger partial charge in [0.15, 0.2) is 0 Å². The minimum Gasteiger partial charge on any atom is -0.355 e. The van der Waals surface area contributed by atoms with Crippen molar-refractivity contribution in [1.29, 1.82) is 0 Å². The Hall–Kier alpha value is -1.76. The molecule has 0 spiro atoms. The quantitative estimate of drug-likeness (QED) is 0.654. The van der Waals surface area contributed by atoms with E-state index in [4.69, 9.17) is 0 Å². The Morgan fingerprint density at radius 2 is 1.65 bits per heavy atom. The third kappa shape index (κ3) is 1.72. The largest absolute Gasteiger partial charge is 0.355 e. The molecule has 0 atom stereocenters. The summed E-state index contributed by atoms with van der Waals surface area (Å²) >= 11 is 0. The van der Waals surface area contributed by atoms with Crippen LogP contribution in [0, 0.1) is 6.92 Å². The van der Waals surface area contributed by atoms with Crippen molar-refractivity contribution in [1.82, 2.24) is 4.98 Å². The molecule has 0 saturated carbocycles. The Morgan fingerprint density at radius 3 is 2.41 bits per heavy atom. The first-order chi connectivity index (χ1) is 8.28. The van der Waals surface area contributed by atoms with Gasteiger partial charge in [0.05, 0.1) is 0 Å². The maximum Gasteiger partial charge on any atom is 0.0465 e. The van der Waals surface area contributed by atoms with Crippen LogP contribution in [0.25, 0.3) is 21.8 Å². The predicted molar refractivity (Wildman–Crippen MR) is 74.5 cm³/mol. The van der Waals surface area contributed by atoms with Crippen molar-refractivity contribution < 1.29 is 0 Å². The summed E-state index contributed by atoms with van der Waals surface area (Å²) in [4.78, 5) is 3.47. The fourth-order valence-electron chi connectivity index (χ4n) is 2.50. The molecule has 17 heavy (non-hydrogen) atoms. The molecule has 0 fully saturated rings. The van der Waals surface area contributed by atoms with E-state index in [1.165, 1.54) is 39.4 Å². The van der Waals surface area contributed by atoms with Crippen molar-refractivity contribution in [2.24, 2.45) is 0 Å². The Morgan fingerprint density at radius 1 is 0.941 bits per heavy atom. The van der Waals surface area contributed by atoms with Crippen molar-refractivity contribution in [2.75, 3.05) is 0 Å². The maximum atomic E-state index is 3.47. The molecule has 0 aliphatic rings. The van der Waals surface area contributed by atoms with Crippen molar-refractivity contribution in [3.8, 4) is 0 Å². The zero-order valence-corrected chi connectivity index (χ0v) is 10.4. The van der Waals surface area contributed by atoms with Gasteiger partial charge in [0, 0.05) is 21.8 Å². The van der Waals surface area contributed by atoms with Crippen LogP contribution in [0.1, 0.15) is 24.5 Å². The van der Waals surface area contributed by atoms with Gasteiger partial charge in [-0.15, -0.1) is 0 Å². The van der Waals surface area contributed by atoms with Crippen LogP contribution in [0.3, 0.4) is 0 Å². The van der Waals surface area contributed by atoms with Gasteiger partial charge in [-0.3, -0.25) is 0 Å². The fourth-order valence-corrected chi connectivity index (χ4v) is 2.50. The van der Waals surface area contributed by atoms with E-state index in [2.05, 4.69) is 55.2 Å². The van der Waals surface area contributed by atoms with Gasteiger partial charge >= 0.3 is 0 Å². The number of hydrogen-bond donors (Lipinski definition) is 1. The summed E-state index contributed by atoms with van der Waals surface area (Å²) in [6.45, 7) is 4.37. The molecule has 2 aromatic carbocycles. The van der Waals surface area contributed by atoms with E-state index >= 15 is 0 Å². The molecule has 0 amide bonds. The lowest BCUT2D eigenvalue weighted by Crippen LogP contribution is -1.81. The number of nitrogens with one attached hydrogen (secondary N) is 1. The molecule has 1 aromatic heterocycles. The third-order valence-electron chi connectivity index (χ3n) is 3.36. The van der Waals surface area contributed by atoms with E-state index in [9.17, 15) is 0 Å². The molecule has 1 nitrogen and oxygen atoms in total. The average molecular weight is 223 g/mol. The van der Waals surface area contributed by atoms with E-state index in [0.29, 0.717) is 0 Å². The molecular weight excluding hydrogens is 206 g/mol. The number of H-pyrrole nitrogens is 1. The van der Waals surface area contributed by atoms with Gasteiger partial charge in [0.1, 0.15) is 0 Å². The zero-order valence-electron chi connectivity index (χ0n) is 10.4. The number of hydrogen-bond acceptors (Lipinski definition) is 0. The topological polar surface area (TPSA) is 15.8 Å². The molecule has 1 heteroatoms. The van der Waals surface area contributed by atoms with Gasteiger partial charge in [-0.2, -0.15) is 0 Å². The molecule has 1 N–H and O–H groups in total. The minimum absolute atomic E-state index is 1.16. The summed E-state index contributed by atoms with van der Waals surface area (Å²) in [5.41, 5.74) is 5.23. The van der Waals surface area contributed by atoms with Gasteiger partial charge in [-0.25, -0.2) is 0 Å². The van der Waals surface area contributed by atoms with Crippen molar-refractivity contribution in [3.05, 3.63) is 47.5 Å². The van der Waals surface area contributed by atoms with Crippen LogP contribution in [0.5, 0.6) is 0 Å². The Labute approximate surface area is 101 Å². The highest BCUT2D eigenvalue weighted by Crippen LogP contribution is 2.27. The molecule has 0 radical (unpaired) electrons. The average Bonchev–Trinajstić information content (AvgIpc) is 2.67. The smallest absolute Gasteiger partial charge is 0.0465 e. The maximum absolute atomic E-state index is 3.47. The van der Waals surface area contributed by atoms with Crippen LogP contribution in [-0.4, -0.2) is 4.98 Å². The Balaban J connectivity index is 2.31.